The molecule has 133 heavy (non-hydrogen) atoms. The van der Waals surface area contributed by atoms with Crippen LogP contribution in [0, 0.1) is 0 Å². The van der Waals surface area contributed by atoms with Gasteiger partial charge in [-0.15, -0.1) is 0 Å². The van der Waals surface area contributed by atoms with Gasteiger partial charge in [0.05, 0.1) is 19.3 Å². The lowest BCUT2D eigenvalue weighted by Gasteiger charge is -2.52. The van der Waals surface area contributed by atoms with E-state index in [9.17, 15) is 103 Å². The van der Waals surface area contributed by atoms with Crippen LogP contribution in [0.3, 0.4) is 0 Å². The number of likely N-dealkylation sites (N-methyl/N-ethyl adjacent to an activating group) is 1. The fourth-order valence-corrected chi connectivity index (χ4v) is 16.4. The molecule has 6 heterocycles. The van der Waals surface area contributed by atoms with Gasteiger partial charge in [-0.05, 0) is 38.5 Å². The number of allylic oxidation sites excluding steroid dienone is 1. The third kappa shape index (κ3) is 37.4. The van der Waals surface area contributed by atoms with Crippen molar-refractivity contribution in [3.63, 3.8) is 0 Å². The molecule has 0 bridgehead atoms. The molecule has 1 unspecified atom stereocenters. The highest BCUT2D eigenvalue weighted by atomic mass is 16.8. The van der Waals surface area contributed by atoms with Gasteiger partial charge >= 0.3 is 65.7 Å². The van der Waals surface area contributed by atoms with Gasteiger partial charge in [0.25, 0.3) is 0 Å². The van der Waals surface area contributed by atoms with E-state index >= 15 is 0 Å². The van der Waals surface area contributed by atoms with Crippen LogP contribution in [0.15, 0.2) is 12.3 Å². The van der Waals surface area contributed by atoms with Gasteiger partial charge in [0.1, 0.15) is 149 Å². The molecule has 6 rings (SSSR count). The summed E-state index contributed by atoms with van der Waals surface area (Å²) in [5.41, 5.74) is 0.819. The van der Waals surface area contributed by atoms with Crippen molar-refractivity contribution < 1.29 is 213 Å². The highest BCUT2D eigenvalue weighted by Gasteiger charge is 2.62. The molecule has 762 valence electrons. The molecule has 10 N–H and O–H groups in total. The maximum atomic E-state index is 13.5. The summed E-state index contributed by atoms with van der Waals surface area (Å²) in [4.78, 5) is 155. The van der Waals surface area contributed by atoms with Crippen molar-refractivity contribution in [2.75, 3.05) is 53.2 Å². The van der Waals surface area contributed by atoms with E-state index in [1.54, 1.807) is 11.9 Å². The average molecular weight is 1920 g/mol. The molecule has 31 atom stereocenters. The van der Waals surface area contributed by atoms with Gasteiger partial charge in [0.2, 0.25) is 0 Å². The molecule has 6 aliphatic heterocycles. The van der Waals surface area contributed by atoms with Crippen LogP contribution in [0.2, 0.25) is 0 Å². The molecule has 0 saturated carbocycles. The number of carbonyl (C=O) groups is 12. The number of carboxylic acid groups (broad SMARTS) is 1. The fraction of sp³-hybridized carbons (Fsp3) is 0.841. The summed E-state index contributed by atoms with van der Waals surface area (Å²) in [5.74, 6) is -10.9. The molecule has 45 nitrogen and oxygen atoms in total. The van der Waals surface area contributed by atoms with Gasteiger partial charge < -0.3 is 160 Å². The Hall–Kier alpha value is -7.46. The third-order valence-electron chi connectivity index (χ3n) is 22.9. The molecular weight excluding hydrogens is 1770 g/mol. The first-order chi connectivity index (χ1) is 63.1. The SMILES string of the molecule is C=C(CCCCCCCCCCCCC(=O)CCCCCCCCC(CCCCC)O[C@@H]1O[C@H](CO)[C@@H](O[C@@H]2O[C@H](COC(C)=O)[C@@H](O[C@@H]3O[C@H](CO)[C@@H](O)[C@H](O[C@@H]4O[C@H](COC(C)=O)[C@@H](O)[C@H](O)[C@H]4O)[C@H]3O)[C@H](O)[C@H]2O[C@@H]2O[C@H](COC(C)=O)[C@H](OC(C)=O)[C@H](OC(C)=O)[C@H]2OC(C)=O)[C@H](O)[C@H]1O[C@@H]1O[C@H](COC(C)=O)[C@H](OC(C)=O)[C@H](OC(C)=O)[C@H]1OC(C)=O)N(C)CC(=O)O. The Kier molecular flexibility index (Phi) is 50.1. The number of esters is 10. The normalized spacial score (nSPS) is 32.4. The van der Waals surface area contributed by atoms with Crippen molar-refractivity contribution in [3.8, 4) is 0 Å². The van der Waals surface area contributed by atoms with Crippen LogP contribution in [0.4, 0.5) is 0 Å². The van der Waals surface area contributed by atoms with E-state index in [0.717, 1.165) is 171 Å². The Bertz CT molecular complexity index is 3630. The number of hydrogen-bond donors (Lipinski definition) is 10. The number of nitrogens with zero attached hydrogens (tertiary/aromatic N) is 1. The number of carbonyl (C=O) groups excluding carboxylic acids is 11. The predicted molar refractivity (Wildman–Crippen MR) is 448 cm³/mol. The fourth-order valence-electron chi connectivity index (χ4n) is 16.4. The zero-order chi connectivity index (χ0) is 98.5. The maximum Gasteiger partial charge on any atom is 0.323 e. The largest absolute Gasteiger partial charge is 0.480 e. The molecule has 6 saturated heterocycles. The molecular formula is C88H141NO44. The Labute approximate surface area is 772 Å². The number of Topliss-reactive ketones (excluding diaryl/α,β-unsaturated/α-hetero) is 1. The summed E-state index contributed by atoms with van der Waals surface area (Å²) in [7, 11) is 1.73. The van der Waals surface area contributed by atoms with Gasteiger partial charge in [-0.2, -0.15) is 0 Å². The number of aliphatic carboxylic acids is 1. The quantitative estimate of drug-likeness (QED) is 0.0234. The predicted octanol–water partition coefficient (Wildman–Crippen LogP) is 1.48. The number of ether oxygens (including phenoxy) is 22. The first kappa shape index (κ1) is 114. The van der Waals surface area contributed by atoms with E-state index in [2.05, 4.69) is 6.58 Å². The van der Waals surface area contributed by atoms with Crippen molar-refractivity contribution in [3.05, 3.63) is 12.3 Å². The first-order valence-electron chi connectivity index (χ1n) is 45.6. The molecule has 0 aromatic rings. The third-order valence-corrected chi connectivity index (χ3v) is 22.9. The van der Waals surface area contributed by atoms with Gasteiger partial charge in [0, 0.05) is 94.8 Å². The molecule has 0 aromatic heterocycles. The van der Waals surface area contributed by atoms with E-state index in [-0.39, 0.29) is 12.3 Å². The second kappa shape index (κ2) is 58.3. The average Bonchev–Trinajstić information content (AvgIpc) is 0.757. The molecule has 0 amide bonds. The van der Waals surface area contributed by atoms with Crippen molar-refractivity contribution in [2.45, 2.75) is 421 Å². The minimum Gasteiger partial charge on any atom is -0.480 e. The van der Waals surface area contributed by atoms with Crippen molar-refractivity contribution in [1.82, 2.24) is 4.90 Å². The minimum atomic E-state index is -2.55. The zero-order valence-corrected chi connectivity index (χ0v) is 77.8. The summed E-state index contributed by atoms with van der Waals surface area (Å²) in [6, 6.07) is 0. The topological polar surface area (TPSA) is 613 Å². The number of ketones is 1. The molecule has 6 aliphatic rings. The Morgan fingerprint density at radius 2 is 0.624 bits per heavy atom. The molecule has 0 spiro atoms. The first-order valence-corrected chi connectivity index (χ1v) is 45.6. The van der Waals surface area contributed by atoms with Crippen LogP contribution in [-0.2, 0) is 162 Å². The second-order valence-electron chi connectivity index (χ2n) is 34.0. The van der Waals surface area contributed by atoms with Crippen LogP contribution >= 0.6 is 0 Å². The Morgan fingerprint density at radius 3 is 1.04 bits per heavy atom. The van der Waals surface area contributed by atoms with Gasteiger partial charge in [-0.3, -0.25) is 57.5 Å². The van der Waals surface area contributed by atoms with Crippen molar-refractivity contribution in [1.29, 1.82) is 0 Å². The van der Waals surface area contributed by atoms with E-state index in [1.807, 2.05) is 6.92 Å². The number of hydrogen-bond acceptors (Lipinski definition) is 44. The summed E-state index contributed by atoms with van der Waals surface area (Å²) >= 11 is 0. The molecule has 0 aliphatic carbocycles. The zero-order valence-electron chi connectivity index (χ0n) is 77.8. The summed E-state index contributed by atoms with van der Waals surface area (Å²) in [6.07, 6.45) is -44.3. The summed E-state index contributed by atoms with van der Waals surface area (Å²) in [6.45, 7) is 9.81. The number of aliphatic hydroxyl groups is 9. The number of carboxylic acids is 1. The van der Waals surface area contributed by atoms with E-state index < -0.39 is 296 Å². The standard InChI is InChI=1S/C88H141NO44/c1-14-15-28-36-57(37-32-27-23-22-26-31-35-56(102)34-30-25-21-19-17-16-18-20-24-29-33-45(2)89(13)38-64(103)104)122-85-77(132-87-81(120-54(11)100)79(118-52(9)98)74(116-50(7)96)62(127-87)43-114-48(5)94)69(109)72(59(40-91)124-85)130-86-78(133-88-82(121-55(12)101)80(119-53(10)99)75(117-51(8)97)63(128-88)44-115-49(6)95)70(110)73(61(126-86)42-113-47(4)93)129-84-71(111)76(66(106)58(39-90)123-84)131-83-68(108)67(107)65(105)60(125-83)41-112-46(3)92/h57-63,65-88,90-91,105-111H,2,14-44H2,1,3-13H3,(H,103,104)/t57?,58-,59-,60-,61-,62-,63-,65-,66-,67+,68-,69+,70+,71-,72-,73-,74+,75+,76+,77-,78-,79+,80+,81-,82-,83+,84+,85-,86+,87+,88+/m1/s1. The second-order valence-corrected chi connectivity index (χ2v) is 34.0. The van der Waals surface area contributed by atoms with E-state index in [1.165, 1.54) is 0 Å². The Balaban J connectivity index is 1.38. The van der Waals surface area contributed by atoms with Crippen LogP contribution in [0.25, 0.3) is 0 Å². The van der Waals surface area contributed by atoms with Crippen LogP contribution < -0.4 is 0 Å². The molecule has 6 fully saturated rings. The summed E-state index contributed by atoms with van der Waals surface area (Å²) in [5, 5.41) is 115. The summed E-state index contributed by atoms with van der Waals surface area (Å²) < 4.78 is 132. The maximum absolute atomic E-state index is 13.5. The monoisotopic (exact) mass is 1920 g/mol. The molecule has 45 heteroatoms. The number of aliphatic hydroxyl groups excluding tert-OH is 9. The molecule has 0 radical (unpaired) electrons. The van der Waals surface area contributed by atoms with E-state index in [4.69, 9.17) is 109 Å². The van der Waals surface area contributed by atoms with Crippen molar-refractivity contribution >= 4 is 71.4 Å². The van der Waals surface area contributed by atoms with Crippen LogP contribution in [0.5, 0.6) is 0 Å². The molecule has 0 aromatic carbocycles. The highest BCUT2D eigenvalue weighted by Crippen LogP contribution is 2.42. The lowest BCUT2D eigenvalue weighted by molar-refractivity contribution is -0.412. The van der Waals surface area contributed by atoms with Crippen LogP contribution in [0.1, 0.15) is 230 Å². The van der Waals surface area contributed by atoms with Gasteiger partial charge in [-0.25, -0.2) is 0 Å². The van der Waals surface area contributed by atoms with Crippen LogP contribution in [-0.4, -0.2) is 371 Å². The smallest absolute Gasteiger partial charge is 0.323 e. The van der Waals surface area contributed by atoms with Crippen molar-refractivity contribution in [2.24, 2.45) is 0 Å². The number of rotatable bonds is 57. The van der Waals surface area contributed by atoms with Gasteiger partial charge in [0.15, 0.2) is 74.4 Å². The van der Waals surface area contributed by atoms with Gasteiger partial charge in [-0.1, -0.05) is 116 Å². The Morgan fingerprint density at radius 1 is 0.308 bits per heavy atom. The minimum absolute atomic E-state index is 0.0700. The van der Waals surface area contributed by atoms with E-state index in [0.29, 0.717) is 57.8 Å². The number of unbranched alkanes of at least 4 members (excludes halogenated alkanes) is 16. The lowest BCUT2D eigenvalue weighted by atomic mass is 9.94. The highest BCUT2D eigenvalue weighted by molar-refractivity contribution is 5.78. The lowest BCUT2D eigenvalue weighted by Crippen LogP contribution is -2.70.